The highest BCUT2D eigenvalue weighted by molar-refractivity contribution is 6.29. The van der Waals surface area contributed by atoms with Gasteiger partial charge in [0.25, 0.3) is 0 Å². The van der Waals surface area contributed by atoms with Gasteiger partial charge in [-0.2, -0.15) is 4.98 Å². The highest BCUT2D eigenvalue weighted by atomic mass is 35.5. The van der Waals surface area contributed by atoms with Gasteiger partial charge in [-0.25, -0.2) is 14.8 Å². The zero-order chi connectivity index (χ0) is 21.2. The number of nitrogens with one attached hydrogen (secondary N) is 1. The van der Waals surface area contributed by atoms with Gasteiger partial charge in [-0.1, -0.05) is 41.0 Å². The molecule has 1 N–H and O–H groups in total. The maximum Gasteiger partial charge on any atom is 0.321 e. The number of halogens is 1. The quantitative estimate of drug-likeness (QED) is 0.467. The van der Waals surface area contributed by atoms with Gasteiger partial charge in [-0.05, 0) is 37.1 Å². The summed E-state index contributed by atoms with van der Waals surface area (Å²) in [4.78, 5) is 27.4. The zero-order valence-electron chi connectivity index (χ0n) is 16.5. The predicted molar refractivity (Wildman–Crippen MR) is 117 cm³/mol. The Labute approximate surface area is 183 Å². The summed E-state index contributed by atoms with van der Waals surface area (Å²) in [5.41, 5.74) is 2.18. The molecular formula is C22H19ClN6O2. The number of urea groups is 1. The second-order valence-corrected chi connectivity index (χ2v) is 7.79. The number of carbonyl (C=O) groups excluding carboxylic acids is 1. The molecule has 1 saturated heterocycles. The molecule has 156 valence electrons. The lowest BCUT2D eigenvalue weighted by atomic mass is 9.97. The molecule has 3 aromatic heterocycles. The van der Waals surface area contributed by atoms with Gasteiger partial charge in [-0.3, -0.25) is 0 Å². The van der Waals surface area contributed by atoms with Crippen molar-refractivity contribution < 1.29 is 9.32 Å². The van der Waals surface area contributed by atoms with Crippen molar-refractivity contribution in [2.45, 2.75) is 18.8 Å². The number of amides is 2. The summed E-state index contributed by atoms with van der Waals surface area (Å²) in [5.74, 6) is 1.19. The van der Waals surface area contributed by atoms with E-state index in [4.69, 9.17) is 16.1 Å². The number of piperidine rings is 1. The fourth-order valence-corrected chi connectivity index (χ4v) is 3.79. The van der Waals surface area contributed by atoms with Crippen molar-refractivity contribution in [3.63, 3.8) is 0 Å². The first-order valence-electron chi connectivity index (χ1n) is 10.0. The zero-order valence-corrected chi connectivity index (χ0v) is 17.3. The summed E-state index contributed by atoms with van der Waals surface area (Å²) in [6.07, 6.45) is 3.03. The van der Waals surface area contributed by atoms with E-state index in [1.165, 1.54) is 6.20 Å². The van der Waals surface area contributed by atoms with Gasteiger partial charge in [-0.15, -0.1) is 0 Å². The Kier molecular flexibility index (Phi) is 5.21. The van der Waals surface area contributed by atoms with Crippen LogP contribution in [0.5, 0.6) is 0 Å². The maximum atomic E-state index is 12.5. The lowest BCUT2D eigenvalue weighted by Crippen LogP contribution is -2.40. The molecular weight excluding hydrogens is 416 g/mol. The molecule has 0 bridgehead atoms. The van der Waals surface area contributed by atoms with Gasteiger partial charge < -0.3 is 14.7 Å². The topological polar surface area (TPSA) is 97.0 Å². The van der Waals surface area contributed by atoms with Crippen LogP contribution in [0.4, 0.5) is 10.5 Å². The van der Waals surface area contributed by atoms with Gasteiger partial charge in [0.1, 0.15) is 10.8 Å². The number of fused-ring (bicyclic) bond motifs is 1. The average molecular weight is 435 g/mol. The van der Waals surface area contributed by atoms with Crippen molar-refractivity contribution in [2.75, 3.05) is 18.4 Å². The Hall–Kier alpha value is -3.52. The van der Waals surface area contributed by atoms with Crippen molar-refractivity contribution in [1.82, 2.24) is 25.0 Å². The summed E-state index contributed by atoms with van der Waals surface area (Å²) in [6, 6.07) is 15.0. The molecule has 0 atom stereocenters. The number of anilines is 1. The Morgan fingerprint density at radius 3 is 2.71 bits per heavy atom. The minimum Gasteiger partial charge on any atom is -0.339 e. The van der Waals surface area contributed by atoms with Crippen LogP contribution in [0.2, 0.25) is 5.15 Å². The minimum atomic E-state index is -0.158. The Morgan fingerprint density at radius 1 is 1.06 bits per heavy atom. The number of likely N-dealkylation sites (tertiary alicyclic amines) is 1. The molecule has 31 heavy (non-hydrogen) atoms. The van der Waals surface area contributed by atoms with Crippen molar-refractivity contribution >= 4 is 34.2 Å². The molecule has 1 aliphatic heterocycles. The number of aromatic nitrogens is 4. The Balaban J connectivity index is 1.22. The van der Waals surface area contributed by atoms with Crippen LogP contribution in [0.1, 0.15) is 24.7 Å². The molecule has 5 rings (SSSR count). The monoisotopic (exact) mass is 434 g/mol. The largest absolute Gasteiger partial charge is 0.339 e. The van der Waals surface area contributed by atoms with E-state index in [0.717, 1.165) is 23.7 Å². The van der Waals surface area contributed by atoms with Gasteiger partial charge in [0.15, 0.2) is 0 Å². The number of benzene rings is 1. The van der Waals surface area contributed by atoms with Crippen LogP contribution in [0, 0.1) is 0 Å². The molecule has 0 unspecified atom stereocenters. The summed E-state index contributed by atoms with van der Waals surface area (Å²) >= 11 is 5.78. The number of hydrogen-bond donors (Lipinski definition) is 1. The second kappa shape index (κ2) is 8.31. The summed E-state index contributed by atoms with van der Waals surface area (Å²) in [7, 11) is 0. The molecule has 9 heteroatoms. The van der Waals surface area contributed by atoms with Gasteiger partial charge in [0.2, 0.25) is 11.7 Å². The predicted octanol–water partition coefficient (Wildman–Crippen LogP) is 4.74. The number of pyridine rings is 2. The maximum absolute atomic E-state index is 12.5. The van der Waals surface area contributed by atoms with E-state index in [-0.39, 0.29) is 11.9 Å². The molecule has 0 saturated carbocycles. The van der Waals surface area contributed by atoms with Crippen LogP contribution >= 0.6 is 11.6 Å². The molecule has 1 aromatic carbocycles. The highest BCUT2D eigenvalue weighted by Crippen LogP contribution is 2.29. The lowest BCUT2D eigenvalue weighted by molar-refractivity contribution is 0.187. The lowest BCUT2D eigenvalue weighted by Gasteiger charge is -2.30. The third-order valence-electron chi connectivity index (χ3n) is 5.38. The molecule has 4 heterocycles. The highest BCUT2D eigenvalue weighted by Gasteiger charge is 2.28. The smallest absolute Gasteiger partial charge is 0.321 e. The standard InChI is InChI=1S/C22H19ClN6O2/c23-19-8-6-16(13-24-19)25-22(30)29-11-9-15(10-12-29)21-27-20(28-31-21)18-7-5-14-3-1-2-4-17(14)26-18/h1-8,13,15H,9-12H2,(H,25,30). The number of nitrogens with zero attached hydrogens (tertiary/aromatic N) is 5. The Bertz CT molecular complexity index is 1220. The van der Waals surface area contributed by atoms with Crippen LogP contribution in [-0.2, 0) is 0 Å². The molecule has 0 radical (unpaired) electrons. The molecule has 8 nitrogen and oxygen atoms in total. The van der Waals surface area contributed by atoms with E-state index < -0.39 is 0 Å². The van der Waals surface area contributed by atoms with E-state index >= 15 is 0 Å². The van der Waals surface area contributed by atoms with E-state index in [9.17, 15) is 4.79 Å². The third kappa shape index (κ3) is 4.20. The summed E-state index contributed by atoms with van der Waals surface area (Å²) < 4.78 is 5.53. The number of carbonyl (C=O) groups is 1. The fourth-order valence-electron chi connectivity index (χ4n) is 3.68. The first-order valence-corrected chi connectivity index (χ1v) is 10.4. The first kappa shape index (κ1) is 19.4. The average Bonchev–Trinajstić information content (AvgIpc) is 3.31. The van der Waals surface area contributed by atoms with Gasteiger partial charge in [0, 0.05) is 24.4 Å². The number of rotatable bonds is 3. The molecule has 1 aliphatic rings. The number of hydrogen-bond acceptors (Lipinski definition) is 6. The molecule has 0 spiro atoms. The van der Waals surface area contributed by atoms with E-state index in [1.807, 2.05) is 36.4 Å². The normalized spacial score (nSPS) is 14.7. The molecule has 0 aliphatic carbocycles. The second-order valence-electron chi connectivity index (χ2n) is 7.41. The van der Waals surface area contributed by atoms with E-state index in [1.54, 1.807) is 17.0 Å². The van der Waals surface area contributed by atoms with Crippen LogP contribution < -0.4 is 5.32 Å². The molecule has 2 amide bonds. The minimum absolute atomic E-state index is 0.114. The third-order valence-corrected chi connectivity index (χ3v) is 5.60. The number of para-hydroxylation sites is 1. The van der Waals surface area contributed by atoms with Gasteiger partial charge in [0.05, 0.1) is 17.4 Å². The van der Waals surface area contributed by atoms with Crippen LogP contribution in [-0.4, -0.2) is 44.1 Å². The van der Waals surface area contributed by atoms with E-state index in [0.29, 0.717) is 41.3 Å². The van der Waals surface area contributed by atoms with Gasteiger partial charge >= 0.3 is 6.03 Å². The van der Waals surface area contributed by atoms with E-state index in [2.05, 4.69) is 25.4 Å². The van der Waals surface area contributed by atoms with Crippen molar-refractivity contribution in [3.8, 4) is 11.5 Å². The summed E-state index contributed by atoms with van der Waals surface area (Å²) in [5, 5.41) is 8.42. The molecule has 1 fully saturated rings. The fraction of sp³-hybridized carbons (Fsp3) is 0.227. The van der Waals surface area contributed by atoms with Crippen molar-refractivity contribution in [3.05, 3.63) is 65.8 Å². The van der Waals surface area contributed by atoms with Crippen LogP contribution in [0.3, 0.4) is 0 Å². The van der Waals surface area contributed by atoms with Crippen LogP contribution in [0.15, 0.2) is 59.3 Å². The van der Waals surface area contributed by atoms with Crippen LogP contribution in [0.25, 0.3) is 22.4 Å². The molecule has 4 aromatic rings. The summed E-state index contributed by atoms with van der Waals surface area (Å²) in [6.45, 7) is 1.20. The SMILES string of the molecule is O=C(Nc1ccc(Cl)nc1)N1CCC(c2nc(-c3ccc4ccccc4n3)no2)CC1. The van der Waals surface area contributed by atoms with Crippen molar-refractivity contribution in [2.24, 2.45) is 0 Å². The first-order chi connectivity index (χ1) is 15.2. The van der Waals surface area contributed by atoms with Crippen molar-refractivity contribution in [1.29, 1.82) is 0 Å². The Morgan fingerprint density at radius 2 is 1.90 bits per heavy atom.